The van der Waals surface area contributed by atoms with E-state index >= 15 is 0 Å². The number of hydrogen-bond donors (Lipinski definition) is 3. The predicted octanol–water partition coefficient (Wildman–Crippen LogP) is 5.75. The third kappa shape index (κ3) is 6.13. The van der Waals surface area contributed by atoms with Gasteiger partial charge in [0.05, 0.1) is 0 Å². The average molecular weight is 440 g/mol. The molecule has 4 rings (SSSR count). The van der Waals surface area contributed by atoms with Gasteiger partial charge in [0, 0.05) is 47.9 Å². The number of carbonyl (C=O) groups is 1. The Morgan fingerprint density at radius 2 is 1.58 bits per heavy atom. The summed E-state index contributed by atoms with van der Waals surface area (Å²) in [6, 6.07) is 23.4. The Balaban J connectivity index is 1.71. The molecule has 2 aromatic heterocycles. The van der Waals surface area contributed by atoms with Crippen molar-refractivity contribution in [3.8, 4) is 0 Å². The van der Waals surface area contributed by atoms with E-state index in [-0.39, 0.29) is 12.3 Å². The largest absolute Gasteiger partial charge is 0.481 e. The van der Waals surface area contributed by atoms with E-state index in [0.29, 0.717) is 24.6 Å². The highest BCUT2D eigenvalue weighted by atomic mass is 16.4. The lowest BCUT2D eigenvalue weighted by Gasteiger charge is -2.21. The molecule has 2 heterocycles. The summed E-state index contributed by atoms with van der Waals surface area (Å²) in [6.45, 7) is 0. The normalized spacial score (nSPS) is 11.5. The van der Waals surface area contributed by atoms with Gasteiger partial charge >= 0.3 is 5.97 Å². The number of para-hydroxylation sites is 2. The number of carboxylic acid groups (broad SMARTS) is 1. The van der Waals surface area contributed by atoms with E-state index in [2.05, 4.69) is 20.6 Å². The number of aliphatic carboxylic acids is 1. The Kier molecular flexibility index (Phi) is 7.22. The van der Waals surface area contributed by atoms with Crippen LogP contribution in [-0.4, -0.2) is 26.0 Å². The molecule has 7 heteroatoms. The van der Waals surface area contributed by atoms with Gasteiger partial charge in [-0.15, -0.1) is 0 Å². The van der Waals surface area contributed by atoms with Crippen molar-refractivity contribution >= 4 is 29.1 Å². The zero-order valence-corrected chi connectivity index (χ0v) is 18.1. The number of anilines is 4. The number of hydrogen-bond acceptors (Lipinski definition) is 6. The molecule has 2 aromatic carbocycles. The van der Waals surface area contributed by atoms with Crippen LogP contribution in [0.25, 0.3) is 0 Å². The van der Waals surface area contributed by atoms with Gasteiger partial charge in [-0.2, -0.15) is 4.98 Å². The first kappa shape index (κ1) is 22.0. The van der Waals surface area contributed by atoms with Crippen LogP contribution in [0.2, 0.25) is 0 Å². The van der Waals surface area contributed by atoms with Gasteiger partial charge in [0.2, 0.25) is 5.95 Å². The second-order valence-corrected chi connectivity index (χ2v) is 7.60. The smallest absolute Gasteiger partial charge is 0.303 e. The number of rotatable bonds is 10. The summed E-state index contributed by atoms with van der Waals surface area (Å²) in [5.74, 6) is 0.230. The fourth-order valence-corrected chi connectivity index (χ4v) is 3.66. The summed E-state index contributed by atoms with van der Waals surface area (Å²) in [7, 11) is 0. The van der Waals surface area contributed by atoms with Crippen molar-refractivity contribution in [1.82, 2.24) is 15.0 Å². The van der Waals surface area contributed by atoms with Gasteiger partial charge in [0.15, 0.2) is 0 Å². The third-order valence-corrected chi connectivity index (χ3v) is 5.23. The molecule has 1 unspecified atom stereocenters. The fraction of sp³-hybridized carbons (Fsp3) is 0.154. The van der Waals surface area contributed by atoms with Gasteiger partial charge in [-0.05, 0) is 48.7 Å². The molecule has 0 aliphatic heterocycles. The Hall–Kier alpha value is -4.26. The van der Waals surface area contributed by atoms with E-state index in [9.17, 15) is 4.79 Å². The van der Waals surface area contributed by atoms with Crippen molar-refractivity contribution < 1.29 is 9.90 Å². The van der Waals surface area contributed by atoms with E-state index in [4.69, 9.17) is 10.1 Å². The molecule has 1 atom stereocenters. The van der Waals surface area contributed by atoms with Crippen LogP contribution in [-0.2, 0) is 4.79 Å². The molecule has 7 nitrogen and oxygen atoms in total. The maximum atomic E-state index is 11.1. The quantitative estimate of drug-likeness (QED) is 0.289. The lowest BCUT2D eigenvalue weighted by atomic mass is 9.88. The fourth-order valence-electron chi connectivity index (χ4n) is 3.66. The lowest BCUT2D eigenvalue weighted by Crippen LogP contribution is -2.10. The Labute approximate surface area is 192 Å². The summed E-state index contributed by atoms with van der Waals surface area (Å²) in [5, 5.41) is 15.8. The van der Waals surface area contributed by atoms with Crippen LogP contribution < -0.4 is 10.6 Å². The molecule has 0 amide bonds. The molecule has 0 radical (unpaired) electrons. The van der Waals surface area contributed by atoms with E-state index in [0.717, 1.165) is 22.5 Å². The predicted molar refractivity (Wildman–Crippen MR) is 129 cm³/mol. The number of nitrogens with one attached hydrogen (secondary N) is 2. The minimum Gasteiger partial charge on any atom is -0.481 e. The molecular weight excluding hydrogens is 414 g/mol. The topological polar surface area (TPSA) is 100 Å². The van der Waals surface area contributed by atoms with Crippen molar-refractivity contribution in [3.63, 3.8) is 0 Å². The third-order valence-electron chi connectivity index (χ3n) is 5.23. The highest BCUT2D eigenvalue weighted by molar-refractivity contribution is 5.67. The van der Waals surface area contributed by atoms with Gasteiger partial charge in [0.1, 0.15) is 5.82 Å². The molecule has 3 N–H and O–H groups in total. The maximum absolute atomic E-state index is 11.1. The molecule has 0 saturated heterocycles. The summed E-state index contributed by atoms with van der Waals surface area (Å²) < 4.78 is 0. The van der Waals surface area contributed by atoms with Crippen molar-refractivity contribution in [1.29, 1.82) is 0 Å². The zero-order chi connectivity index (χ0) is 22.9. The van der Waals surface area contributed by atoms with Crippen LogP contribution in [0, 0.1) is 0 Å². The minimum absolute atomic E-state index is 0.102. The Morgan fingerprint density at radius 3 is 2.21 bits per heavy atom. The molecule has 0 bridgehead atoms. The van der Waals surface area contributed by atoms with Crippen LogP contribution >= 0.6 is 0 Å². The maximum Gasteiger partial charge on any atom is 0.303 e. The number of carboxylic acids is 1. The molecule has 33 heavy (non-hydrogen) atoms. The highest BCUT2D eigenvalue weighted by Crippen LogP contribution is 2.35. The van der Waals surface area contributed by atoms with Gasteiger partial charge in [0.25, 0.3) is 0 Å². The Bertz CT molecular complexity index is 1170. The second kappa shape index (κ2) is 10.9. The van der Waals surface area contributed by atoms with Gasteiger partial charge < -0.3 is 15.7 Å². The molecule has 0 aliphatic carbocycles. The van der Waals surface area contributed by atoms with E-state index in [1.54, 1.807) is 6.20 Å². The number of pyridine rings is 1. The van der Waals surface area contributed by atoms with Crippen molar-refractivity contribution in [2.45, 2.75) is 25.2 Å². The first-order valence-corrected chi connectivity index (χ1v) is 10.8. The van der Waals surface area contributed by atoms with Gasteiger partial charge in [-0.3, -0.25) is 9.78 Å². The van der Waals surface area contributed by atoms with Crippen LogP contribution in [0.3, 0.4) is 0 Å². The van der Waals surface area contributed by atoms with Crippen LogP contribution in [0.15, 0.2) is 91.4 Å². The zero-order valence-electron chi connectivity index (χ0n) is 18.1. The molecule has 0 spiro atoms. The van der Waals surface area contributed by atoms with Crippen LogP contribution in [0.5, 0.6) is 0 Å². The van der Waals surface area contributed by atoms with Crippen molar-refractivity contribution in [3.05, 3.63) is 103 Å². The first-order chi connectivity index (χ1) is 16.2. The monoisotopic (exact) mass is 439 g/mol. The minimum atomic E-state index is -0.804. The van der Waals surface area contributed by atoms with E-state index < -0.39 is 5.97 Å². The number of benzene rings is 2. The molecule has 4 aromatic rings. The number of aromatic nitrogens is 3. The van der Waals surface area contributed by atoms with Gasteiger partial charge in [-0.25, -0.2) is 4.98 Å². The molecule has 0 saturated carbocycles. The molecular formula is C26H25N5O2. The second-order valence-electron chi connectivity index (χ2n) is 7.60. The molecule has 0 fully saturated rings. The molecule has 166 valence electrons. The van der Waals surface area contributed by atoms with Crippen LogP contribution in [0.1, 0.15) is 36.3 Å². The van der Waals surface area contributed by atoms with E-state index in [1.165, 1.54) is 0 Å². The SMILES string of the molecule is O=C(O)CCCC(c1cccnc1)c1cnc(Nc2ccccc2)nc1Nc1ccccc1. The Morgan fingerprint density at radius 1 is 0.879 bits per heavy atom. The van der Waals surface area contributed by atoms with Crippen molar-refractivity contribution in [2.24, 2.45) is 0 Å². The van der Waals surface area contributed by atoms with Crippen LogP contribution in [0.4, 0.5) is 23.1 Å². The number of nitrogens with zero attached hydrogens (tertiary/aromatic N) is 3. The van der Waals surface area contributed by atoms with Gasteiger partial charge in [-0.1, -0.05) is 42.5 Å². The van der Waals surface area contributed by atoms with Crippen molar-refractivity contribution in [2.75, 3.05) is 10.6 Å². The highest BCUT2D eigenvalue weighted by Gasteiger charge is 2.21. The lowest BCUT2D eigenvalue weighted by molar-refractivity contribution is -0.137. The molecule has 0 aliphatic rings. The first-order valence-electron chi connectivity index (χ1n) is 10.8. The standard InChI is InChI=1S/C26H25N5O2/c32-24(33)15-7-14-22(19-9-8-16-27-17-19)23-18-28-26(30-21-12-5-2-6-13-21)31-25(23)29-20-10-3-1-4-11-20/h1-6,8-13,16-18,22H,7,14-15H2,(H,32,33)(H2,28,29,30,31). The average Bonchev–Trinajstić information content (AvgIpc) is 2.84. The summed E-state index contributed by atoms with van der Waals surface area (Å²) >= 11 is 0. The summed E-state index contributed by atoms with van der Waals surface area (Å²) in [6.07, 6.45) is 6.62. The summed E-state index contributed by atoms with van der Waals surface area (Å²) in [4.78, 5) is 24.7. The van der Waals surface area contributed by atoms with E-state index in [1.807, 2.05) is 85.2 Å². The summed E-state index contributed by atoms with van der Waals surface area (Å²) in [5.41, 5.74) is 3.67.